The number of alkyl halides is 1. The van der Waals surface area contributed by atoms with Crippen molar-refractivity contribution < 1.29 is 77.6 Å². The molecule has 0 radical (unpaired) electrons. The molecule has 4 N–H and O–H groups in total. The van der Waals surface area contributed by atoms with E-state index in [1.807, 2.05) is 97.1 Å². The number of rotatable bonds is 17. The van der Waals surface area contributed by atoms with Crippen LogP contribution in [0.4, 0.5) is 26.7 Å². The topological polar surface area (TPSA) is 255 Å². The number of hydrogen-bond acceptors (Lipinski definition) is 15. The van der Waals surface area contributed by atoms with Crippen LogP contribution in [0.2, 0.25) is 0 Å². The highest BCUT2D eigenvalue weighted by Gasteiger charge is 2.47. The van der Waals surface area contributed by atoms with Crippen molar-refractivity contribution in [2.24, 2.45) is 0 Å². The fourth-order valence-corrected chi connectivity index (χ4v) is 13.7. The lowest BCUT2D eigenvalue weighted by atomic mass is 9.93. The number of aliphatic hydroxyl groups excluding tert-OH is 2. The monoisotopic (exact) mass is 1330 g/mol. The zero-order valence-electron chi connectivity index (χ0n) is 53.2. The first-order valence-corrected chi connectivity index (χ1v) is 32.0. The largest absolute Gasteiger partial charge is 0.507 e. The maximum absolute atomic E-state index is 14.2. The average Bonchev–Trinajstić information content (AvgIpc) is 1.64. The van der Waals surface area contributed by atoms with Crippen molar-refractivity contribution in [3.05, 3.63) is 238 Å². The fourth-order valence-electron chi connectivity index (χ4n) is 13.4. The van der Waals surface area contributed by atoms with Crippen molar-refractivity contribution >= 4 is 75.3 Å². The summed E-state index contributed by atoms with van der Waals surface area (Å²) in [5.41, 5.74) is 8.89. The predicted molar refractivity (Wildman–Crippen MR) is 362 cm³/mol. The molecule has 21 nitrogen and oxygen atoms in total. The normalized spacial score (nSPS) is 18.0. The van der Waals surface area contributed by atoms with Crippen LogP contribution in [0.25, 0.3) is 10.8 Å². The number of ether oxygens (including phenoxy) is 6. The summed E-state index contributed by atoms with van der Waals surface area (Å²) in [6, 6.07) is 43.6. The highest BCUT2D eigenvalue weighted by atomic mass is 35.5. The molecule has 8 aromatic rings. The van der Waals surface area contributed by atoms with Gasteiger partial charge in [0.25, 0.3) is 11.8 Å². The van der Waals surface area contributed by atoms with Crippen LogP contribution in [0.3, 0.4) is 0 Å². The Hall–Kier alpha value is -10.9. The second kappa shape index (κ2) is 28.6. The number of amides is 5. The molecule has 5 heterocycles. The van der Waals surface area contributed by atoms with Gasteiger partial charge in [-0.3, -0.25) is 19.2 Å². The van der Waals surface area contributed by atoms with E-state index in [2.05, 4.69) is 13.2 Å². The SMILES string of the molecule is C=CCOC(=O)N1c2cc(OCc3cccc(CC(=O)N4C[C@@H](CCl)c5c4cc(O)c4ccccc54)c3)c(OC)cc2C(=O)N2Cc3ccccc3C[C@H]2C1O.C=CCOC(=O)N1c2cc(OCc3cccc(CC(=O)O)c3)c(OC)cc2C(=O)N2Cc3ccccc3C[C@H]2C1O. The molecule has 498 valence electrons. The molecule has 0 fully saturated rings. The molecule has 5 aliphatic rings. The molecule has 22 heteroatoms. The summed E-state index contributed by atoms with van der Waals surface area (Å²) >= 11 is 6.40. The lowest BCUT2D eigenvalue weighted by molar-refractivity contribution is -0.136. The van der Waals surface area contributed by atoms with Gasteiger partial charge >= 0.3 is 18.2 Å². The van der Waals surface area contributed by atoms with E-state index in [4.69, 9.17) is 45.1 Å². The number of carboxylic acids is 1. The molecule has 97 heavy (non-hydrogen) atoms. The van der Waals surface area contributed by atoms with Crippen LogP contribution in [-0.2, 0) is 71.0 Å². The number of carboxylic acid groups (broad SMARTS) is 1. The summed E-state index contributed by atoms with van der Waals surface area (Å²) in [4.78, 5) is 87.1. The zero-order chi connectivity index (χ0) is 68.2. The first-order valence-electron chi connectivity index (χ1n) is 31.4. The summed E-state index contributed by atoms with van der Waals surface area (Å²) in [7, 11) is 2.90. The molecule has 0 spiro atoms. The van der Waals surface area contributed by atoms with E-state index >= 15 is 0 Å². The van der Waals surface area contributed by atoms with E-state index in [0.29, 0.717) is 42.1 Å². The Kier molecular flexibility index (Phi) is 19.5. The van der Waals surface area contributed by atoms with Gasteiger partial charge in [0.1, 0.15) is 32.2 Å². The zero-order valence-corrected chi connectivity index (χ0v) is 53.9. The Morgan fingerprint density at radius 3 is 1.47 bits per heavy atom. The first-order chi connectivity index (χ1) is 47.0. The Morgan fingerprint density at radius 1 is 0.557 bits per heavy atom. The highest BCUT2D eigenvalue weighted by molar-refractivity contribution is 6.19. The Labute approximate surface area is 564 Å². The van der Waals surface area contributed by atoms with E-state index in [-0.39, 0.29) is 127 Å². The molecule has 2 unspecified atom stereocenters. The molecular weight excluding hydrogens is 1260 g/mol. The van der Waals surface area contributed by atoms with Crippen molar-refractivity contribution in [2.45, 2.75) is 82.4 Å². The van der Waals surface area contributed by atoms with Crippen LogP contribution in [0.5, 0.6) is 28.7 Å². The number of nitrogens with zero attached hydrogens (tertiary/aromatic N) is 5. The molecule has 0 saturated carbocycles. The highest BCUT2D eigenvalue weighted by Crippen LogP contribution is 2.47. The minimum Gasteiger partial charge on any atom is -0.507 e. The van der Waals surface area contributed by atoms with Crippen LogP contribution < -0.4 is 33.6 Å². The number of aromatic hydroxyl groups is 1. The molecule has 5 aliphatic heterocycles. The second-order valence-corrected chi connectivity index (χ2v) is 24.3. The first kappa shape index (κ1) is 66.2. The van der Waals surface area contributed by atoms with E-state index in [0.717, 1.165) is 59.5 Å². The summed E-state index contributed by atoms with van der Waals surface area (Å²) in [6.07, 6.45) is -1.06. The maximum Gasteiger partial charge on any atom is 0.416 e. The van der Waals surface area contributed by atoms with Crippen LogP contribution in [0.15, 0.2) is 177 Å². The van der Waals surface area contributed by atoms with E-state index in [1.54, 1.807) is 45.0 Å². The van der Waals surface area contributed by atoms with Gasteiger partial charge in [-0.25, -0.2) is 19.4 Å². The van der Waals surface area contributed by atoms with Gasteiger partial charge in [0.05, 0.1) is 67.3 Å². The second-order valence-electron chi connectivity index (χ2n) is 24.0. The number of phenols is 1. The van der Waals surface area contributed by atoms with Crippen molar-refractivity contribution in [3.8, 4) is 28.7 Å². The van der Waals surface area contributed by atoms with Gasteiger partial charge < -0.3 is 63.5 Å². The number of anilines is 3. The third-order valence-electron chi connectivity index (χ3n) is 18.0. The predicted octanol–water partition coefficient (Wildman–Crippen LogP) is 11.0. The Bertz CT molecular complexity index is 4430. The number of hydrogen-bond donors (Lipinski definition) is 4. The standard InChI is InChI=1S/C44H40ClN3O8.C31H30N2O8/c1-3-15-55-44(53)48-34-21-39(38(54-2)19-33(34)42(51)47-23-29-12-5-4-11-28(29)18-36(47)43(48)52)56-25-27-10-8-9-26(16-27)17-40(50)46-24-30(22-45)41-32-14-7-6-13-31(32)37(49)20-35(41)46;1-3-11-40-31(38)33-24-16-27(41-18-20-8-6-7-19(12-20)13-28(34)35)26(39-2)15-23(24)29(36)32-17-22-10-5-4-9-21(22)14-25(32)30(33)37/h3-14,16,19-21,30,36,43,49,52H,1,15,17-18,22-25H2,2H3;3-10,12,15-16,25,30,37H,1,11,13-14,17-18H2,2H3,(H,34,35)/t30-,36+,43?;25-,30?/m10/s1. The molecule has 0 saturated heterocycles. The van der Waals surface area contributed by atoms with Gasteiger partial charge in [-0.05, 0) is 80.4 Å². The van der Waals surface area contributed by atoms with E-state index in [1.165, 1.54) is 50.6 Å². The van der Waals surface area contributed by atoms with Crippen LogP contribution in [0, 0.1) is 0 Å². The molecule has 8 aromatic carbocycles. The molecule has 5 atom stereocenters. The Balaban J connectivity index is 0.000000194. The smallest absolute Gasteiger partial charge is 0.416 e. The number of aliphatic carboxylic acids is 1. The average molecular weight is 1330 g/mol. The maximum atomic E-state index is 14.2. The van der Waals surface area contributed by atoms with Crippen LogP contribution >= 0.6 is 11.6 Å². The van der Waals surface area contributed by atoms with Crippen molar-refractivity contribution in [2.75, 3.05) is 54.6 Å². The quantitative estimate of drug-likeness (QED) is 0.0488. The minimum absolute atomic E-state index is 0.0549. The van der Waals surface area contributed by atoms with Gasteiger partial charge in [-0.1, -0.05) is 147 Å². The minimum atomic E-state index is -1.44. The van der Waals surface area contributed by atoms with Gasteiger partial charge in [0, 0.05) is 55.0 Å². The van der Waals surface area contributed by atoms with Gasteiger partial charge in [0.2, 0.25) is 5.91 Å². The summed E-state index contributed by atoms with van der Waals surface area (Å²) in [5, 5.41) is 45.0. The number of fused-ring (bicyclic) bond motifs is 9. The van der Waals surface area contributed by atoms with Crippen LogP contribution in [-0.4, -0.2) is 131 Å². The number of methoxy groups -OCH3 is 2. The number of carbonyl (C=O) groups excluding carboxylic acids is 5. The van der Waals surface area contributed by atoms with Crippen LogP contribution in [0.1, 0.15) is 76.7 Å². The third-order valence-corrected chi connectivity index (χ3v) is 18.4. The van der Waals surface area contributed by atoms with Crippen molar-refractivity contribution in [1.29, 1.82) is 0 Å². The third kappa shape index (κ3) is 13.3. The number of benzene rings is 8. The summed E-state index contributed by atoms with van der Waals surface area (Å²) in [6.45, 7) is 8.07. The van der Waals surface area contributed by atoms with E-state index < -0.39 is 42.7 Å². The van der Waals surface area contributed by atoms with Gasteiger partial charge in [-0.2, -0.15) is 0 Å². The molecule has 0 aliphatic carbocycles. The lowest BCUT2D eigenvalue weighted by Crippen LogP contribution is -2.55. The molecule has 0 aromatic heterocycles. The molecule has 0 bridgehead atoms. The van der Waals surface area contributed by atoms with Crippen molar-refractivity contribution in [3.63, 3.8) is 0 Å². The Morgan fingerprint density at radius 2 is 1.01 bits per heavy atom. The lowest BCUT2D eigenvalue weighted by Gasteiger charge is -2.39. The number of carbonyl (C=O) groups is 6. The number of aliphatic hydroxyl groups is 2. The van der Waals surface area contributed by atoms with Crippen molar-refractivity contribution in [1.82, 2.24) is 9.80 Å². The molecule has 5 amide bonds. The van der Waals surface area contributed by atoms with Gasteiger partial charge in [0.15, 0.2) is 35.5 Å². The number of halogens is 1. The molecular formula is C75H70ClN5O16. The van der Waals surface area contributed by atoms with Gasteiger partial charge in [-0.15, -0.1) is 11.6 Å². The fraction of sp³-hybridized carbons (Fsp3) is 0.253. The molecule has 13 rings (SSSR count). The number of phenolic OH excluding ortho intramolecular Hbond substituents is 1. The summed E-state index contributed by atoms with van der Waals surface area (Å²) in [5.74, 6) is -0.504. The van der Waals surface area contributed by atoms with E-state index in [9.17, 15) is 44.1 Å². The summed E-state index contributed by atoms with van der Waals surface area (Å²) < 4.78 is 34.4.